The number of esters is 2. The minimum Gasteiger partial charge on any atom is -0.462 e. The number of unbranched alkanes of at least 4 members (excludes halogenated alkanes) is 19. The lowest BCUT2D eigenvalue weighted by Gasteiger charge is -2.22. The third-order valence-corrected chi connectivity index (χ3v) is 12.5. The third kappa shape index (κ3) is 44.3. The second-order valence-corrected chi connectivity index (χ2v) is 19.1. The number of allylic oxidation sites excluding steroid dienone is 4. The molecule has 2 rings (SSSR count). The molecule has 0 saturated carbocycles. The lowest BCUT2D eigenvalue weighted by molar-refractivity contribution is -0.150. The number of nitrogens with zero attached hydrogens (tertiary/aromatic N) is 2. The van der Waals surface area contributed by atoms with E-state index in [-0.39, 0.29) is 18.0 Å². The van der Waals surface area contributed by atoms with Crippen molar-refractivity contribution in [2.24, 2.45) is 0 Å². The van der Waals surface area contributed by atoms with E-state index in [1.165, 1.54) is 126 Å². The minimum absolute atomic E-state index is 0.0765. The highest BCUT2D eigenvalue weighted by Crippen LogP contribution is 2.33. The Morgan fingerprint density at radius 1 is 0.657 bits per heavy atom. The van der Waals surface area contributed by atoms with E-state index in [2.05, 4.69) is 61.9 Å². The van der Waals surface area contributed by atoms with Gasteiger partial charge in [0.05, 0.1) is 12.2 Å². The zero-order valence-corrected chi connectivity index (χ0v) is 46.7. The van der Waals surface area contributed by atoms with Crippen LogP contribution < -0.4 is 0 Å². The number of hydrogen-bond acceptors (Lipinski definition) is 9. The van der Waals surface area contributed by atoms with Crippen LogP contribution in [0.5, 0.6) is 0 Å². The molecule has 0 radical (unpaired) electrons. The standard InChI is InChI=1S/C21H40O3.C18H32O.C15H24N2O2S.2C2H6/c1-3-5-7-9-10-13-17-20(16-12-8-6-4-2)24-21(23)18-14-11-15-19-22;1-2-3-4-5-6-7-8-9-10-11-12-13-14-15-16-17-18-19;1-11-14(15(18)19-9-5-7-16(2)3)12-6-8-17(4)10-13(12)20-11;2*1-2/h19-20H,3-18H2,1-2H3;6-7,9-10,18H,2-5,8,11-17H2,1H3;5-10H2,1-4H3;2*1-2H3/b;7-6-,10-9-;;;. The molecule has 0 amide bonds. The molecule has 392 valence electrons. The number of fused-ring (bicyclic) bond motifs is 1. The predicted octanol–water partition coefficient (Wildman–Crippen LogP) is 16.6. The summed E-state index contributed by atoms with van der Waals surface area (Å²) in [6.45, 7) is 20.1. The second kappa shape index (κ2) is 54.3. The van der Waals surface area contributed by atoms with Gasteiger partial charge in [-0.3, -0.25) is 4.79 Å². The molecule has 1 aromatic heterocycles. The van der Waals surface area contributed by atoms with E-state index in [1.807, 2.05) is 48.7 Å². The SMILES string of the molecule is CC.CC.CCCCC/C=C\C/C=C\CCCCCCCC=O.CCCCCCCCC(CCCCCC)OC(=O)CCCCC=O.Cc1sc2c(c1C(=O)OCCCN(C)C)CCN(C)C2. The number of hydrogen-bond donors (Lipinski definition) is 0. The molecule has 0 N–H and O–H groups in total. The predicted molar refractivity (Wildman–Crippen MR) is 292 cm³/mol. The Bertz CT molecular complexity index is 1310. The molecule has 1 atom stereocenters. The molecule has 0 aliphatic carbocycles. The van der Waals surface area contributed by atoms with Crippen molar-refractivity contribution < 1.29 is 28.7 Å². The Kier molecular flexibility index (Phi) is 55.7. The van der Waals surface area contributed by atoms with Crippen molar-refractivity contribution in [3.8, 4) is 0 Å². The van der Waals surface area contributed by atoms with E-state index in [9.17, 15) is 19.2 Å². The van der Waals surface area contributed by atoms with Crippen LogP contribution in [0.1, 0.15) is 260 Å². The smallest absolute Gasteiger partial charge is 0.339 e. The molecule has 9 heteroatoms. The van der Waals surface area contributed by atoms with Gasteiger partial charge in [0, 0.05) is 48.7 Å². The fraction of sp³-hybridized carbons (Fsp3) is 0.793. The Morgan fingerprint density at radius 3 is 1.69 bits per heavy atom. The van der Waals surface area contributed by atoms with Gasteiger partial charge in [0.1, 0.15) is 18.7 Å². The Labute approximate surface area is 419 Å². The normalized spacial score (nSPS) is 12.4. The molecule has 2 heterocycles. The van der Waals surface area contributed by atoms with Crippen molar-refractivity contribution in [1.29, 1.82) is 0 Å². The molecular formula is C58H108N2O6S. The van der Waals surface area contributed by atoms with Gasteiger partial charge in [0.15, 0.2) is 0 Å². The fourth-order valence-corrected chi connectivity index (χ4v) is 8.84. The third-order valence-electron chi connectivity index (χ3n) is 11.4. The van der Waals surface area contributed by atoms with E-state index >= 15 is 0 Å². The largest absolute Gasteiger partial charge is 0.462 e. The van der Waals surface area contributed by atoms with Gasteiger partial charge in [-0.15, -0.1) is 11.3 Å². The van der Waals surface area contributed by atoms with Crippen molar-refractivity contribution in [2.75, 3.05) is 40.8 Å². The van der Waals surface area contributed by atoms with Gasteiger partial charge in [-0.2, -0.15) is 0 Å². The summed E-state index contributed by atoms with van der Waals surface area (Å²) in [5.74, 6) is -0.212. The quantitative estimate of drug-likeness (QED) is 0.0282. The van der Waals surface area contributed by atoms with Crippen LogP contribution in [0, 0.1) is 6.92 Å². The van der Waals surface area contributed by atoms with Crippen molar-refractivity contribution in [3.05, 3.63) is 45.2 Å². The minimum atomic E-state index is -0.136. The van der Waals surface area contributed by atoms with Crippen LogP contribution in [-0.2, 0) is 36.8 Å². The lowest BCUT2D eigenvalue weighted by atomic mass is 10.0. The first-order chi connectivity index (χ1) is 32.6. The Balaban J connectivity index is -0.000000888. The molecule has 1 aliphatic heterocycles. The van der Waals surface area contributed by atoms with E-state index in [0.29, 0.717) is 19.4 Å². The highest BCUT2D eigenvalue weighted by Gasteiger charge is 2.26. The van der Waals surface area contributed by atoms with Gasteiger partial charge in [-0.25, -0.2) is 4.79 Å². The number of aldehydes is 2. The van der Waals surface area contributed by atoms with Crippen LogP contribution in [0.3, 0.4) is 0 Å². The number of aryl methyl sites for hydroxylation is 1. The first kappa shape index (κ1) is 68.6. The van der Waals surface area contributed by atoms with E-state index in [0.717, 1.165) is 107 Å². The van der Waals surface area contributed by atoms with E-state index in [1.54, 1.807) is 11.3 Å². The van der Waals surface area contributed by atoms with Crippen molar-refractivity contribution >= 4 is 35.8 Å². The van der Waals surface area contributed by atoms with Gasteiger partial charge >= 0.3 is 11.9 Å². The number of likely N-dealkylation sites (N-methyl/N-ethyl adjacent to an activating group) is 1. The van der Waals surface area contributed by atoms with Crippen LogP contribution in [-0.4, -0.2) is 81.3 Å². The monoisotopic (exact) mass is 961 g/mol. The summed E-state index contributed by atoms with van der Waals surface area (Å²) >= 11 is 1.74. The highest BCUT2D eigenvalue weighted by atomic mass is 32.1. The molecular weight excluding hydrogens is 853 g/mol. The molecule has 67 heavy (non-hydrogen) atoms. The van der Waals surface area contributed by atoms with Crippen molar-refractivity contribution in [2.45, 2.75) is 261 Å². The van der Waals surface area contributed by atoms with Gasteiger partial charge in [0.2, 0.25) is 0 Å². The first-order valence-electron chi connectivity index (χ1n) is 27.6. The molecule has 1 unspecified atom stereocenters. The van der Waals surface area contributed by atoms with Crippen LogP contribution in [0.4, 0.5) is 0 Å². The number of ether oxygens (including phenoxy) is 2. The zero-order valence-electron chi connectivity index (χ0n) is 45.8. The van der Waals surface area contributed by atoms with Gasteiger partial charge < -0.3 is 28.9 Å². The van der Waals surface area contributed by atoms with E-state index in [4.69, 9.17) is 9.47 Å². The average Bonchev–Trinajstić information content (AvgIpc) is 3.66. The Hall–Kier alpha value is -2.62. The second-order valence-electron chi connectivity index (χ2n) is 17.8. The van der Waals surface area contributed by atoms with Crippen molar-refractivity contribution in [1.82, 2.24) is 9.80 Å². The topological polar surface area (TPSA) is 93.2 Å². The van der Waals surface area contributed by atoms with Crippen LogP contribution in [0.2, 0.25) is 0 Å². The first-order valence-corrected chi connectivity index (χ1v) is 28.4. The maximum Gasteiger partial charge on any atom is 0.339 e. The molecule has 1 aromatic rings. The number of rotatable bonds is 37. The van der Waals surface area contributed by atoms with Crippen LogP contribution in [0.25, 0.3) is 0 Å². The summed E-state index contributed by atoms with van der Waals surface area (Å²) in [5.41, 5.74) is 2.06. The summed E-state index contributed by atoms with van der Waals surface area (Å²) in [7, 11) is 6.17. The summed E-state index contributed by atoms with van der Waals surface area (Å²) in [6.07, 6.45) is 44.6. The summed E-state index contributed by atoms with van der Waals surface area (Å²) in [6, 6.07) is 0. The fourth-order valence-electron chi connectivity index (χ4n) is 7.55. The molecule has 1 aliphatic rings. The summed E-state index contributed by atoms with van der Waals surface area (Å²) in [4.78, 5) is 51.5. The van der Waals surface area contributed by atoms with Crippen LogP contribution in [0.15, 0.2) is 24.3 Å². The Morgan fingerprint density at radius 2 is 1.13 bits per heavy atom. The van der Waals surface area contributed by atoms with E-state index < -0.39 is 0 Å². The van der Waals surface area contributed by atoms with Gasteiger partial charge in [-0.1, -0.05) is 156 Å². The number of thiophene rings is 1. The van der Waals surface area contributed by atoms with Crippen molar-refractivity contribution in [3.63, 3.8) is 0 Å². The summed E-state index contributed by atoms with van der Waals surface area (Å²) < 4.78 is 11.1. The van der Waals surface area contributed by atoms with Gasteiger partial charge in [0.25, 0.3) is 0 Å². The molecule has 0 spiro atoms. The maximum absolute atomic E-state index is 12.3. The average molecular weight is 962 g/mol. The molecule has 0 fully saturated rings. The van der Waals surface area contributed by atoms with Gasteiger partial charge in [-0.05, 0) is 124 Å². The molecule has 0 bridgehead atoms. The van der Waals surface area contributed by atoms with Crippen LogP contribution >= 0.6 is 11.3 Å². The molecule has 0 saturated heterocycles. The molecule has 8 nitrogen and oxygen atoms in total. The summed E-state index contributed by atoms with van der Waals surface area (Å²) in [5, 5.41) is 0. The maximum atomic E-state index is 12.3. The lowest BCUT2D eigenvalue weighted by Crippen LogP contribution is -2.26. The molecule has 0 aromatic carbocycles. The highest BCUT2D eigenvalue weighted by molar-refractivity contribution is 7.12. The number of carbonyl (C=O) groups excluding carboxylic acids is 4. The number of carbonyl (C=O) groups is 4. The zero-order chi connectivity index (χ0) is 50.6.